The highest BCUT2D eigenvalue weighted by Crippen LogP contribution is 2.24. The molecule has 0 aliphatic carbocycles. The number of esters is 1. The van der Waals surface area contributed by atoms with Crippen molar-refractivity contribution in [2.75, 3.05) is 33.9 Å². The molecule has 1 aromatic carbocycles. The topological polar surface area (TPSA) is 63.2 Å². The number of guanidine groups is 1. The van der Waals surface area contributed by atoms with Crippen molar-refractivity contribution in [1.82, 2.24) is 10.2 Å². The van der Waals surface area contributed by atoms with E-state index in [2.05, 4.69) is 15.2 Å². The summed E-state index contributed by atoms with van der Waals surface area (Å²) in [5.41, 5.74) is 1.02. The summed E-state index contributed by atoms with van der Waals surface area (Å²) in [4.78, 5) is 18.2. The zero-order valence-corrected chi connectivity index (χ0v) is 18.5. The van der Waals surface area contributed by atoms with Crippen molar-refractivity contribution >= 4 is 47.5 Å². The second kappa shape index (κ2) is 11.5. The molecular formula is C18H27ClIN3O3. The number of likely N-dealkylation sites (tertiary alicyclic amines) is 1. The lowest BCUT2D eigenvalue weighted by Gasteiger charge is -2.33. The zero-order chi connectivity index (χ0) is 18.2. The Balaban J connectivity index is 0.00000338. The van der Waals surface area contributed by atoms with Gasteiger partial charge in [0.1, 0.15) is 5.75 Å². The van der Waals surface area contributed by atoms with Gasteiger partial charge in [0.2, 0.25) is 0 Å². The molecule has 1 aliphatic rings. The van der Waals surface area contributed by atoms with E-state index in [0.717, 1.165) is 43.2 Å². The van der Waals surface area contributed by atoms with Crippen molar-refractivity contribution in [2.45, 2.75) is 26.3 Å². The summed E-state index contributed by atoms with van der Waals surface area (Å²) in [7, 11) is 3.21. The average molecular weight is 496 g/mol. The second-order valence-electron chi connectivity index (χ2n) is 5.87. The maximum Gasteiger partial charge on any atom is 0.308 e. The molecule has 1 aliphatic heterocycles. The Hall–Kier alpha value is -1.22. The van der Waals surface area contributed by atoms with Gasteiger partial charge in [-0.15, -0.1) is 24.0 Å². The quantitative estimate of drug-likeness (QED) is 0.294. The van der Waals surface area contributed by atoms with Gasteiger partial charge in [0.15, 0.2) is 5.96 Å². The molecule has 6 nitrogen and oxygen atoms in total. The fourth-order valence-electron chi connectivity index (χ4n) is 2.96. The first-order valence-electron chi connectivity index (χ1n) is 8.53. The molecule has 0 radical (unpaired) electrons. The molecule has 0 unspecified atom stereocenters. The number of ether oxygens (including phenoxy) is 2. The molecule has 0 amide bonds. The molecular weight excluding hydrogens is 469 g/mol. The number of hydrogen-bond acceptors (Lipinski definition) is 4. The van der Waals surface area contributed by atoms with Gasteiger partial charge in [-0.2, -0.15) is 0 Å². The highest BCUT2D eigenvalue weighted by Gasteiger charge is 2.26. The minimum absolute atomic E-state index is 0. The Morgan fingerprint density at radius 3 is 2.65 bits per heavy atom. The van der Waals surface area contributed by atoms with Crippen LogP contribution < -0.4 is 10.1 Å². The predicted molar refractivity (Wildman–Crippen MR) is 115 cm³/mol. The van der Waals surface area contributed by atoms with Gasteiger partial charge in [0.05, 0.1) is 19.6 Å². The molecule has 1 fully saturated rings. The van der Waals surface area contributed by atoms with E-state index < -0.39 is 0 Å². The third-order valence-electron chi connectivity index (χ3n) is 4.31. The molecule has 1 aromatic rings. The Kier molecular flexibility index (Phi) is 10.1. The van der Waals surface area contributed by atoms with Crippen molar-refractivity contribution in [3.8, 4) is 5.75 Å². The van der Waals surface area contributed by atoms with Crippen LogP contribution in [0.5, 0.6) is 5.75 Å². The van der Waals surface area contributed by atoms with Crippen molar-refractivity contribution < 1.29 is 14.3 Å². The van der Waals surface area contributed by atoms with Crippen LogP contribution in [0, 0.1) is 5.92 Å². The number of benzene rings is 1. The molecule has 146 valence electrons. The van der Waals surface area contributed by atoms with Crippen LogP contribution in [0.1, 0.15) is 25.3 Å². The molecule has 0 spiro atoms. The Morgan fingerprint density at radius 1 is 1.38 bits per heavy atom. The molecule has 0 saturated carbocycles. The number of hydrogen-bond donors (Lipinski definition) is 1. The summed E-state index contributed by atoms with van der Waals surface area (Å²) < 4.78 is 10.5. The van der Waals surface area contributed by atoms with Crippen LogP contribution in [0.25, 0.3) is 0 Å². The van der Waals surface area contributed by atoms with Crippen LogP contribution >= 0.6 is 35.6 Å². The summed E-state index contributed by atoms with van der Waals surface area (Å²) in [5, 5.41) is 4.02. The smallest absolute Gasteiger partial charge is 0.308 e. The van der Waals surface area contributed by atoms with Gasteiger partial charge in [-0.25, -0.2) is 0 Å². The lowest BCUT2D eigenvalue weighted by atomic mass is 9.97. The monoisotopic (exact) mass is 495 g/mol. The molecule has 2 rings (SSSR count). The number of carbonyl (C=O) groups is 1. The zero-order valence-electron chi connectivity index (χ0n) is 15.5. The van der Waals surface area contributed by atoms with E-state index in [1.165, 1.54) is 7.11 Å². The summed E-state index contributed by atoms with van der Waals surface area (Å²) in [6.07, 6.45) is 1.55. The van der Waals surface area contributed by atoms with Crippen LogP contribution in [-0.4, -0.2) is 50.7 Å². The van der Waals surface area contributed by atoms with Gasteiger partial charge in [0.25, 0.3) is 0 Å². The van der Waals surface area contributed by atoms with E-state index in [1.807, 2.05) is 25.1 Å². The van der Waals surface area contributed by atoms with Crippen molar-refractivity contribution in [3.63, 3.8) is 0 Å². The van der Waals surface area contributed by atoms with E-state index in [4.69, 9.17) is 21.1 Å². The number of rotatable bonds is 5. The lowest BCUT2D eigenvalue weighted by molar-refractivity contribution is -0.146. The number of carbonyl (C=O) groups excluding carboxylic acids is 1. The standard InChI is InChI=1S/C18H26ClN3O3.HI/c1-4-25-16-11-15(19)6-5-14(16)12-21-18(20-2)22-9-7-13(8-10-22)17(23)24-3;/h5-6,11,13H,4,7-10,12H2,1-3H3,(H,20,21);1H. The second-order valence-corrected chi connectivity index (χ2v) is 6.31. The first-order valence-corrected chi connectivity index (χ1v) is 8.91. The maximum atomic E-state index is 11.6. The minimum Gasteiger partial charge on any atom is -0.493 e. The predicted octanol–water partition coefficient (Wildman–Crippen LogP) is 3.32. The average Bonchev–Trinajstić information content (AvgIpc) is 2.64. The summed E-state index contributed by atoms with van der Waals surface area (Å²) in [6, 6.07) is 5.63. The molecule has 1 heterocycles. The molecule has 0 aromatic heterocycles. The van der Waals surface area contributed by atoms with E-state index in [0.29, 0.717) is 18.2 Å². The van der Waals surface area contributed by atoms with Crippen molar-refractivity contribution in [2.24, 2.45) is 10.9 Å². The van der Waals surface area contributed by atoms with Crippen LogP contribution in [0.2, 0.25) is 5.02 Å². The van der Waals surface area contributed by atoms with E-state index in [-0.39, 0.29) is 35.9 Å². The summed E-state index contributed by atoms with van der Waals surface area (Å²) >= 11 is 6.05. The largest absolute Gasteiger partial charge is 0.493 e. The van der Waals surface area contributed by atoms with Gasteiger partial charge in [-0.05, 0) is 31.9 Å². The van der Waals surface area contributed by atoms with Gasteiger partial charge in [-0.3, -0.25) is 9.79 Å². The maximum absolute atomic E-state index is 11.6. The lowest BCUT2D eigenvalue weighted by Crippen LogP contribution is -2.46. The summed E-state index contributed by atoms with van der Waals surface area (Å²) in [5.74, 6) is 1.47. The van der Waals surface area contributed by atoms with E-state index >= 15 is 0 Å². The van der Waals surface area contributed by atoms with Crippen LogP contribution in [0.3, 0.4) is 0 Å². The Morgan fingerprint density at radius 2 is 2.08 bits per heavy atom. The molecule has 26 heavy (non-hydrogen) atoms. The number of nitrogens with one attached hydrogen (secondary N) is 1. The van der Waals surface area contributed by atoms with Crippen molar-refractivity contribution in [1.29, 1.82) is 0 Å². The fourth-order valence-corrected chi connectivity index (χ4v) is 3.13. The fraction of sp³-hybridized carbons (Fsp3) is 0.556. The van der Waals surface area contributed by atoms with Crippen LogP contribution in [-0.2, 0) is 16.1 Å². The molecule has 1 N–H and O–H groups in total. The SMILES string of the molecule is CCOc1cc(Cl)ccc1CNC(=NC)N1CCC(C(=O)OC)CC1.I. The van der Waals surface area contributed by atoms with Gasteiger partial charge >= 0.3 is 5.97 Å². The van der Waals surface area contributed by atoms with E-state index in [1.54, 1.807) is 7.05 Å². The molecule has 8 heteroatoms. The van der Waals surface area contributed by atoms with Gasteiger partial charge in [0, 0.05) is 37.3 Å². The van der Waals surface area contributed by atoms with Crippen LogP contribution in [0.4, 0.5) is 0 Å². The Labute approximate surface area is 177 Å². The van der Waals surface area contributed by atoms with Gasteiger partial charge < -0.3 is 19.7 Å². The third kappa shape index (κ3) is 6.19. The van der Waals surface area contributed by atoms with E-state index in [9.17, 15) is 4.79 Å². The number of piperidine rings is 1. The Bertz CT molecular complexity index is 620. The number of methoxy groups -OCH3 is 1. The first kappa shape index (κ1) is 22.8. The highest BCUT2D eigenvalue weighted by molar-refractivity contribution is 14.0. The minimum atomic E-state index is -0.120. The van der Waals surface area contributed by atoms with Crippen molar-refractivity contribution in [3.05, 3.63) is 28.8 Å². The summed E-state index contributed by atoms with van der Waals surface area (Å²) in [6.45, 7) is 4.68. The molecule has 0 bridgehead atoms. The molecule has 1 saturated heterocycles. The normalized spacial score (nSPS) is 15.2. The number of aliphatic imine (C=N–C) groups is 1. The third-order valence-corrected chi connectivity index (χ3v) is 4.54. The van der Waals surface area contributed by atoms with Crippen LogP contribution in [0.15, 0.2) is 23.2 Å². The number of nitrogens with zero attached hydrogens (tertiary/aromatic N) is 2. The first-order chi connectivity index (χ1) is 12.1. The number of halogens is 2. The molecule has 0 atom stereocenters. The van der Waals surface area contributed by atoms with Gasteiger partial charge in [-0.1, -0.05) is 17.7 Å². The highest BCUT2D eigenvalue weighted by atomic mass is 127.